The normalized spacial score (nSPS) is 20.2. The molecule has 0 spiro atoms. The fourth-order valence-electron chi connectivity index (χ4n) is 2.07. The highest BCUT2D eigenvalue weighted by atomic mass is 79.9. The smallest absolute Gasteiger partial charge is 0.211 e. The van der Waals surface area contributed by atoms with Crippen LogP contribution in [0.25, 0.3) is 0 Å². The molecule has 1 heterocycles. The van der Waals surface area contributed by atoms with Crippen LogP contribution in [0.15, 0.2) is 22.7 Å². The minimum atomic E-state index is -3.05. The Bertz CT molecular complexity index is 515. The summed E-state index contributed by atoms with van der Waals surface area (Å²) >= 11 is 3.57. The Morgan fingerprint density at radius 2 is 2.11 bits per heavy atom. The van der Waals surface area contributed by atoms with Gasteiger partial charge in [-0.1, -0.05) is 6.07 Å². The van der Waals surface area contributed by atoms with Gasteiger partial charge in [-0.05, 0) is 47.0 Å². The van der Waals surface area contributed by atoms with Gasteiger partial charge in [-0.3, -0.25) is 0 Å². The van der Waals surface area contributed by atoms with Crippen molar-refractivity contribution >= 4 is 31.6 Å². The van der Waals surface area contributed by atoms with Crippen LogP contribution < -0.4 is 9.62 Å². The molecule has 1 aliphatic rings. The molecule has 0 atom stereocenters. The van der Waals surface area contributed by atoms with E-state index >= 15 is 0 Å². The largest absolute Gasteiger partial charge is 0.369 e. The molecule has 1 N–H and O–H groups in total. The maximum absolute atomic E-state index is 11.4. The van der Waals surface area contributed by atoms with Gasteiger partial charge in [-0.2, -0.15) is 0 Å². The number of nitrogens with one attached hydrogen (secondary N) is 1. The first-order valence-electron chi connectivity index (χ1n) is 5.96. The van der Waals surface area contributed by atoms with Gasteiger partial charge in [-0.25, -0.2) is 13.1 Å². The minimum absolute atomic E-state index is 0.201. The maximum atomic E-state index is 11.4. The van der Waals surface area contributed by atoms with E-state index in [-0.39, 0.29) is 5.75 Å². The molecule has 1 aromatic carbocycles. The van der Waals surface area contributed by atoms with Gasteiger partial charge in [0.2, 0.25) is 10.0 Å². The monoisotopic (exact) mass is 332 g/mol. The molecular formula is C12H17BrN2O2S. The van der Waals surface area contributed by atoms with Crippen LogP contribution in [0.3, 0.4) is 0 Å². The predicted molar refractivity (Wildman–Crippen MR) is 77.5 cm³/mol. The summed E-state index contributed by atoms with van der Waals surface area (Å²) in [4.78, 5) is 2.21. The average molecular weight is 333 g/mol. The first-order chi connectivity index (χ1) is 8.48. The van der Waals surface area contributed by atoms with Crippen LogP contribution in [0.4, 0.5) is 5.69 Å². The van der Waals surface area contributed by atoms with Crippen molar-refractivity contribution in [3.05, 3.63) is 28.2 Å². The van der Waals surface area contributed by atoms with Crippen molar-refractivity contribution in [1.29, 1.82) is 0 Å². The molecule has 0 amide bonds. The summed E-state index contributed by atoms with van der Waals surface area (Å²) in [6.07, 6.45) is 0.648. The third kappa shape index (κ3) is 3.46. The molecule has 2 rings (SSSR count). The molecule has 100 valence electrons. The van der Waals surface area contributed by atoms with Gasteiger partial charge in [0.1, 0.15) is 0 Å². The number of sulfonamides is 1. The van der Waals surface area contributed by atoms with Crippen LogP contribution in [-0.2, 0) is 10.0 Å². The molecule has 18 heavy (non-hydrogen) atoms. The van der Waals surface area contributed by atoms with Gasteiger partial charge in [-0.15, -0.1) is 0 Å². The number of nitrogens with zero attached hydrogens (tertiary/aromatic N) is 1. The van der Waals surface area contributed by atoms with Crippen molar-refractivity contribution in [2.75, 3.05) is 30.3 Å². The fourth-order valence-corrected chi connectivity index (χ4v) is 3.87. The second-order valence-corrected chi connectivity index (χ2v) is 7.29. The van der Waals surface area contributed by atoms with Crippen molar-refractivity contribution in [1.82, 2.24) is 4.72 Å². The summed E-state index contributed by atoms with van der Waals surface area (Å²) < 4.78 is 26.5. The van der Waals surface area contributed by atoms with Crippen LogP contribution in [0.5, 0.6) is 0 Å². The lowest BCUT2D eigenvalue weighted by atomic mass is 10.2. The first-order valence-corrected chi connectivity index (χ1v) is 8.41. The van der Waals surface area contributed by atoms with Crippen molar-refractivity contribution in [3.8, 4) is 0 Å². The number of benzene rings is 1. The summed E-state index contributed by atoms with van der Waals surface area (Å²) in [7, 11) is -3.05. The van der Waals surface area contributed by atoms with Gasteiger partial charge < -0.3 is 4.90 Å². The highest BCUT2D eigenvalue weighted by Crippen LogP contribution is 2.27. The van der Waals surface area contributed by atoms with Crippen molar-refractivity contribution in [2.24, 2.45) is 0 Å². The highest BCUT2D eigenvalue weighted by Gasteiger charge is 2.17. The lowest BCUT2D eigenvalue weighted by Crippen LogP contribution is -2.40. The minimum Gasteiger partial charge on any atom is -0.369 e. The zero-order valence-corrected chi connectivity index (χ0v) is 12.7. The zero-order chi connectivity index (χ0) is 13.2. The third-order valence-corrected chi connectivity index (χ3v) is 5.09. The SMILES string of the molecule is Cc1ccc(N2CCCS(=O)(=O)NCC2)c(Br)c1. The van der Waals surface area contributed by atoms with Crippen molar-refractivity contribution in [3.63, 3.8) is 0 Å². The second-order valence-electron chi connectivity index (χ2n) is 4.51. The molecule has 0 unspecified atom stereocenters. The van der Waals surface area contributed by atoms with Gasteiger partial charge >= 0.3 is 0 Å². The molecule has 0 aromatic heterocycles. The molecular weight excluding hydrogens is 316 g/mol. The Labute approximate surface area is 117 Å². The van der Waals surface area contributed by atoms with Gasteiger partial charge in [0.25, 0.3) is 0 Å². The quantitative estimate of drug-likeness (QED) is 0.854. The first kappa shape index (κ1) is 13.8. The van der Waals surface area contributed by atoms with E-state index in [9.17, 15) is 8.42 Å². The number of hydrogen-bond donors (Lipinski definition) is 1. The Hall–Kier alpha value is -0.590. The number of aryl methyl sites for hydroxylation is 1. The lowest BCUT2D eigenvalue weighted by molar-refractivity contribution is 0.570. The summed E-state index contributed by atoms with van der Waals surface area (Å²) in [6.45, 7) is 3.97. The number of halogens is 1. The number of rotatable bonds is 1. The lowest BCUT2D eigenvalue weighted by Gasteiger charge is -2.28. The van der Waals surface area contributed by atoms with E-state index in [4.69, 9.17) is 0 Å². The molecule has 4 nitrogen and oxygen atoms in total. The van der Waals surface area contributed by atoms with E-state index in [1.807, 2.05) is 0 Å². The van der Waals surface area contributed by atoms with Crippen LogP contribution in [0.1, 0.15) is 12.0 Å². The van der Waals surface area contributed by atoms with E-state index in [0.29, 0.717) is 19.5 Å². The average Bonchev–Trinajstić information content (AvgIpc) is 2.24. The Kier molecular flexibility index (Phi) is 4.29. The molecule has 0 saturated carbocycles. The topological polar surface area (TPSA) is 49.4 Å². The molecule has 0 radical (unpaired) electrons. The third-order valence-electron chi connectivity index (χ3n) is 2.99. The fraction of sp³-hybridized carbons (Fsp3) is 0.500. The Morgan fingerprint density at radius 3 is 2.83 bits per heavy atom. The summed E-state index contributed by atoms with van der Waals surface area (Å²) in [5, 5.41) is 0. The van der Waals surface area contributed by atoms with Crippen molar-refractivity contribution in [2.45, 2.75) is 13.3 Å². The number of hydrogen-bond acceptors (Lipinski definition) is 3. The van der Waals surface area contributed by atoms with E-state index in [1.54, 1.807) is 0 Å². The van der Waals surface area contributed by atoms with E-state index < -0.39 is 10.0 Å². The highest BCUT2D eigenvalue weighted by molar-refractivity contribution is 9.10. The van der Waals surface area contributed by atoms with E-state index in [2.05, 4.69) is 50.7 Å². The van der Waals surface area contributed by atoms with Crippen LogP contribution in [0, 0.1) is 6.92 Å². The molecule has 1 saturated heterocycles. The summed E-state index contributed by atoms with van der Waals surface area (Å²) in [5.41, 5.74) is 2.33. The Morgan fingerprint density at radius 1 is 1.33 bits per heavy atom. The Balaban J connectivity index is 2.14. The standard InChI is InChI=1S/C12H17BrN2O2S/c1-10-3-4-12(11(13)9-10)15-6-2-8-18(16,17)14-5-7-15/h3-4,9,14H,2,5-8H2,1H3. The molecule has 0 aliphatic carbocycles. The van der Waals surface area contributed by atoms with Crippen LogP contribution in [-0.4, -0.2) is 33.8 Å². The molecule has 6 heteroatoms. The maximum Gasteiger partial charge on any atom is 0.211 e. The van der Waals surface area contributed by atoms with Gasteiger partial charge in [0, 0.05) is 24.1 Å². The van der Waals surface area contributed by atoms with Gasteiger partial charge in [0.05, 0.1) is 11.4 Å². The summed E-state index contributed by atoms with van der Waals surface area (Å²) in [6, 6.07) is 6.23. The molecule has 1 aliphatic heterocycles. The van der Waals surface area contributed by atoms with Crippen LogP contribution in [0.2, 0.25) is 0 Å². The molecule has 1 aromatic rings. The van der Waals surface area contributed by atoms with E-state index in [1.165, 1.54) is 5.56 Å². The predicted octanol–water partition coefficient (Wildman–Crippen LogP) is 1.89. The van der Waals surface area contributed by atoms with Crippen molar-refractivity contribution < 1.29 is 8.42 Å². The van der Waals surface area contributed by atoms with Crippen LogP contribution >= 0.6 is 15.9 Å². The van der Waals surface area contributed by atoms with E-state index in [0.717, 1.165) is 16.7 Å². The second kappa shape index (κ2) is 5.59. The zero-order valence-electron chi connectivity index (χ0n) is 10.3. The molecule has 0 bridgehead atoms. The summed E-state index contributed by atoms with van der Waals surface area (Å²) in [5.74, 6) is 0.201. The molecule has 1 fully saturated rings. The number of anilines is 1. The van der Waals surface area contributed by atoms with Gasteiger partial charge in [0.15, 0.2) is 0 Å².